The van der Waals surface area contributed by atoms with E-state index in [2.05, 4.69) is 33.5 Å². The van der Waals surface area contributed by atoms with Crippen LogP contribution in [0.1, 0.15) is 10.4 Å². The van der Waals surface area contributed by atoms with Gasteiger partial charge in [-0.25, -0.2) is 4.79 Å². The lowest BCUT2D eigenvalue weighted by Crippen LogP contribution is -2.06. The largest absolute Gasteiger partial charge is 0.469 e. The molecule has 0 unspecified atom stereocenters. The molecule has 0 aliphatic carbocycles. The average Bonchev–Trinajstić information content (AvgIpc) is 2.04. The Balaban J connectivity index is 3.03. The van der Waals surface area contributed by atoms with E-state index in [9.17, 15) is 4.79 Å². The van der Waals surface area contributed by atoms with Gasteiger partial charge in [0.25, 0.3) is 0 Å². The first-order chi connectivity index (χ1) is 5.25. The van der Waals surface area contributed by atoms with Gasteiger partial charge in [0.15, 0.2) is 12.8 Å². The summed E-state index contributed by atoms with van der Waals surface area (Å²) in [5.41, 5.74) is 0.530. The minimum Gasteiger partial charge on any atom is -0.212 e. The van der Waals surface area contributed by atoms with E-state index in [0.717, 1.165) is 4.47 Å². The molecule has 1 rings (SSSR count). The first-order valence-corrected chi connectivity index (χ1v) is 4.09. The Morgan fingerprint density at radius 2 is 2.09 bits per heavy atom. The predicted molar refractivity (Wildman–Crippen MR) is 49.6 cm³/mol. The molecule has 2 radical (unpaired) electrons. The van der Waals surface area contributed by atoms with Gasteiger partial charge in [-0.1, -0.05) is 12.1 Å². The van der Waals surface area contributed by atoms with Crippen LogP contribution in [0.15, 0.2) is 28.7 Å². The molecule has 1 aromatic carbocycles. The zero-order valence-electron chi connectivity index (χ0n) is 5.49. The summed E-state index contributed by atoms with van der Waals surface area (Å²) in [7, 11) is 0. The van der Waals surface area contributed by atoms with Gasteiger partial charge in [0.1, 0.15) is 5.56 Å². The Morgan fingerprint density at radius 1 is 1.45 bits per heavy atom. The molecule has 0 aliphatic rings. The molecular weight excluding hydrogens is 226 g/mol. The van der Waals surface area contributed by atoms with Crippen molar-refractivity contribution in [2.45, 2.75) is 0 Å². The number of nitrogens with zero attached hydrogens (tertiary/aromatic N) is 1. The third-order valence-corrected chi connectivity index (χ3v) is 2.07. The fourth-order valence-corrected chi connectivity index (χ4v) is 1.25. The van der Waals surface area contributed by atoms with Gasteiger partial charge < -0.3 is 0 Å². The van der Waals surface area contributed by atoms with Crippen molar-refractivity contribution in [1.82, 2.24) is 4.72 Å². The predicted octanol–water partition coefficient (Wildman–Crippen LogP) is 2.04. The SMILES string of the molecule is O=C([N+]S)c1ccccc1Br. The van der Waals surface area contributed by atoms with Gasteiger partial charge in [-0.05, 0) is 28.1 Å². The average molecular weight is 231 g/mol. The molecule has 0 fully saturated rings. The number of carbonyl (C=O) groups excluding carboxylic acids is 1. The Kier molecular flexibility index (Phi) is 3.11. The Bertz CT molecular complexity index is 277. The molecule has 0 aliphatic heterocycles. The second kappa shape index (κ2) is 3.90. The molecule has 1 aromatic rings. The van der Waals surface area contributed by atoms with Gasteiger partial charge in [0, 0.05) is 4.47 Å². The normalized spacial score (nSPS) is 9.64. The first kappa shape index (κ1) is 8.77. The molecule has 1 amide bonds. The number of benzene rings is 1. The smallest absolute Gasteiger partial charge is 0.212 e. The number of amides is 1. The van der Waals surface area contributed by atoms with Crippen LogP contribution >= 0.6 is 28.7 Å². The van der Waals surface area contributed by atoms with Gasteiger partial charge in [-0.2, -0.15) is 0 Å². The summed E-state index contributed by atoms with van der Waals surface area (Å²) in [4.78, 5) is 11.0. The van der Waals surface area contributed by atoms with Gasteiger partial charge in [-0.15, -0.1) is 0 Å². The van der Waals surface area contributed by atoms with Crippen LogP contribution in [-0.4, -0.2) is 5.91 Å². The van der Waals surface area contributed by atoms with Crippen LogP contribution in [-0.2, 0) is 0 Å². The minimum atomic E-state index is -0.333. The number of rotatable bonds is 1. The highest BCUT2D eigenvalue weighted by molar-refractivity contribution is 9.10. The van der Waals surface area contributed by atoms with Gasteiger partial charge in [-0.3, -0.25) is 0 Å². The Morgan fingerprint density at radius 3 is 2.64 bits per heavy atom. The van der Waals surface area contributed by atoms with Crippen LogP contribution in [0.5, 0.6) is 0 Å². The van der Waals surface area contributed by atoms with Crippen molar-refractivity contribution in [3.8, 4) is 0 Å². The summed E-state index contributed by atoms with van der Waals surface area (Å²) in [6.07, 6.45) is 0. The summed E-state index contributed by atoms with van der Waals surface area (Å²) < 4.78 is 3.98. The highest BCUT2D eigenvalue weighted by Crippen LogP contribution is 2.15. The molecule has 0 saturated heterocycles. The lowest BCUT2D eigenvalue weighted by molar-refractivity contribution is 0.0981. The third-order valence-electron chi connectivity index (χ3n) is 1.20. The van der Waals surface area contributed by atoms with E-state index in [1.807, 2.05) is 6.07 Å². The van der Waals surface area contributed by atoms with Crippen molar-refractivity contribution in [2.75, 3.05) is 0 Å². The van der Waals surface area contributed by atoms with Crippen molar-refractivity contribution >= 4 is 34.7 Å². The van der Waals surface area contributed by atoms with E-state index in [1.165, 1.54) is 0 Å². The highest BCUT2D eigenvalue weighted by atomic mass is 79.9. The van der Waals surface area contributed by atoms with Crippen LogP contribution in [0.2, 0.25) is 0 Å². The van der Waals surface area contributed by atoms with E-state index in [4.69, 9.17) is 0 Å². The van der Waals surface area contributed by atoms with Crippen molar-refractivity contribution in [3.05, 3.63) is 34.3 Å². The maximum Gasteiger partial charge on any atom is 0.469 e. The molecule has 0 aromatic heterocycles. The Hall–Kier alpha value is -0.320. The zero-order chi connectivity index (χ0) is 8.27. The number of hydrogen-bond acceptors (Lipinski definition) is 2. The van der Waals surface area contributed by atoms with Crippen molar-refractivity contribution in [2.24, 2.45) is 0 Å². The van der Waals surface area contributed by atoms with Crippen molar-refractivity contribution < 1.29 is 4.79 Å². The fourth-order valence-electron chi connectivity index (χ4n) is 0.689. The summed E-state index contributed by atoms with van der Waals surface area (Å²) in [5.74, 6) is -0.333. The van der Waals surface area contributed by atoms with E-state index in [1.54, 1.807) is 18.2 Å². The van der Waals surface area contributed by atoms with Gasteiger partial charge in [0.2, 0.25) is 4.72 Å². The third kappa shape index (κ3) is 2.05. The topological polar surface area (TPSA) is 31.2 Å². The van der Waals surface area contributed by atoms with Crippen molar-refractivity contribution in [3.63, 3.8) is 0 Å². The molecule has 56 valence electrons. The summed E-state index contributed by atoms with van der Waals surface area (Å²) in [6, 6.07) is 7.08. The maximum absolute atomic E-state index is 11.0. The molecular formula is C7H5BrNOS+. The molecule has 11 heavy (non-hydrogen) atoms. The molecule has 0 heterocycles. The lowest BCUT2D eigenvalue weighted by atomic mass is 10.2. The second-order valence-corrected chi connectivity index (χ2v) is 2.94. The molecule has 4 heteroatoms. The van der Waals surface area contributed by atoms with Crippen LogP contribution < -0.4 is 4.72 Å². The fraction of sp³-hybridized carbons (Fsp3) is 0. The molecule has 2 nitrogen and oxygen atoms in total. The molecule has 0 bridgehead atoms. The first-order valence-electron chi connectivity index (χ1n) is 2.89. The van der Waals surface area contributed by atoms with Crippen LogP contribution in [0.25, 0.3) is 0 Å². The second-order valence-electron chi connectivity index (χ2n) is 1.88. The summed E-state index contributed by atoms with van der Waals surface area (Å²) in [5, 5.41) is 0. The minimum absolute atomic E-state index is 0.333. The monoisotopic (exact) mass is 230 g/mol. The number of thiol groups is 1. The van der Waals surface area contributed by atoms with E-state index in [0.29, 0.717) is 5.56 Å². The van der Waals surface area contributed by atoms with Gasteiger partial charge >= 0.3 is 5.91 Å². The van der Waals surface area contributed by atoms with E-state index < -0.39 is 0 Å². The zero-order valence-corrected chi connectivity index (χ0v) is 7.97. The number of halogens is 1. The van der Waals surface area contributed by atoms with Crippen LogP contribution in [0.3, 0.4) is 0 Å². The maximum atomic E-state index is 11.0. The highest BCUT2D eigenvalue weighted by Gasteiger charge is 2.19. The number of carbonyl (C=O) groups is 1. The van der Waals surface area contributed by atoms with Crippen LogP contribution in [0, 0.1) is 0 Å². The van der Waals surface area contributed by atoms with Gasteiger partial charge in [0.05, 0.1) is 0 Å². The number of hydrogen-bond donors (Lipinski definition) is 1. The molecule has 0 atom stereocenters. The standard InChI is InChI=1S/C7H5BrNOS/c8-6-4-2-1-3-5(6)7(10)9-11/h1-4,11H/q+1. The lowest BCUT2D eigenvalue weighted by Gasteiger charge is -1.90. The molecule has 0 saturated carbocycles. The summed E-state index contributed by atoms with van der Waals surface area (Å²) in [6.45, 7) is 0. The van der Waals surface area contributed by atoms with Crippen molar-refractivity contribution in [1.29, 1.82) is 0 Å². The Labute approximate surface area is 78.7 Å². The summed E-state index contributed by atoms with van der Waals surface area (Å²) >= 11 is 6.75. The van der Waals surface area contributed by atoms with E-state index in [-0.39, 0.29) is 5.91 Å². The molecule has 0 spiro atoms. The molecule has 0 N–H and O–H groups in total. The van der Waals surface area contributed by atoms with Crippen LogP contribution in [0.4, 0.5) is 0 Å². The van der Waals surface area contributed by atoms with E-state index >= 15 is 0 Å². The quantitative estimate of drug-likeness (QED) is 0.736.